The standard InChI is InChI=1S/C71H56N2O2/c1-69(2)63-37-47(49-23-33-59-61-35-29-55(41-67(61)70(3,4)65(59)39-49)72(51-13-9-7-10-14-51)53-25-17-45(43-74)18-26-53)21-31-57(63)58-32-22-48(38-64(58)69)50-24-34-60-62-36-30-56(42-68(62)71(5,6)66(60)40-50)73(52-15-11-8-12-16-52)54-27-19-46(44-75)20-28-54/h7-44H,1-6H3. The van der Waals surface area contributed by atoms with Gasteiger partial charge < -0.3 is 9.80 Å². The minimum absolute atomic E-state index is 0.210. The number of carbonyl (C=O) groups is 2. The number of benzene rings is 10. The molecule has 0 unspecified atom stereocenters. The Bertz CT molecular complexity index is 3680. The Morgan fingerprint density at radius 3 is 0.787 bits per heavy atom. The van der Waals surface area contributed by atoms with Gasteiger partial charge in [-0.15, -0.1) is 0 Å². The first-order chi connectivity index (χ1) is 36.3. The second-order valence-electron chi connectivity index (χ2n) is 22.1. The number of aldehydes is 2. The molecule has 0 amide bonds. The number of para-hydroxylation sites is 2. The monoisotopic (exact) mass is 968 g/mol. The average molecular weight is 969 g/mol. The first kappa shape index (κ1) is 46.0. The minimum Gasteiger partial charge on any atom is -0.310 e. The normalized spacial score (nSPS) is 14.4. The zero-order valence-electron chi connectivity index (χ0n) is 43.2. The Morgan fingerprint density at radius 2 is 0.507 bits per heavy atom. The first-order valence-corrected chi connectivity index (χ1v) is 26.0. The summed E-state index contributed by atoms with van der Waals surface area (Å²) in [7, 11) is 0. The van der Waals surface area contributed by atoms with Crippen LogP contribution in [0.4, 0.5) is 34.1 Å². The summed E-state index contributed by atoms with van der Waals surface area (Å²) in [6.07, 6.45) is 1.79. The van der Waals surface area contributed by atoms with Crippen LogP contribution in [0.15, 0.2) is 218 Å². The summed E-state index contributed by atoms with van der Waals surface area (Å²) in [4.78, 5) is 27.7. The summed E-state index contributed by atoms with van der Waals surface area (Å²) in [5.74, 6) is 0. The topological polar surface area (TPSA) is 40.6 Å². The van der Waals surface area contributed by atoms with Gasteiger partial charge in [-0.1, -0.05) is 139 Å². The van der Waals surface area contributed by atoms with Crippen LogP contribution in [-0.4, -0.2) is 12.6 Å². The van der Waals surface area contributed by atoms with Gasteiger partial charge in [-0.05, 0) is 210 Å². The average Bonchev–Trinajstić information content (AvgIpc) is 3.96. The lowest BCUT2D eigenvalue weighted by molar-refractivity contribution is 0.111. The molecule has 0 N–H and O–H groups in total. The molecule has 0 saturated heterocycles. The molecule has 0 aromatic heterocycles. The molecule has 362 valence electrons. The first-order valence-electron chi connectivity index (χ1n) is 26.0. The fourth-order valence-electron chi connectivity index (χ4n) is 12.6. The molecule has 4 heteroatoms. The van der Waals surface area contributed by atoms with Gasteiger partial charge in [0.25, 0.3) is 0 Å². The van der Waals surface area contributed by atoms with Gasteiger partial charge in [0.05, 0.1) is 0 Å². The van der Waals surface area contributed by atoms with E-state index in [0.717, 1.165) is 46.7 Å². The number of carbonyl (C=O) groups excluding carboxylic acids is 2. The number of hydrogen-bond acceptors (Lipinski definition) is 4. The van der Waals surface area contributed by atoms with Crippen molar-refractivity contribution in [1.82, 2.24) is 0 Å². The van der Waals surface area contributed by atoms with E-state index in [2.05, 4.69) is 209 Å². The smallest absolute Gasteiger partial charge is 0.150 e. The molecule has 0 saturated carbocycles. The number of nitrogens with zero attached hydrogens (tertiary/aromatic N) is 2. The Morgan fingerprint density at radius 1 is 0.267 bits per heavy atom. The van der Waals surface area contributed by atoms with Crippen molar-refractivity contribution in [2.24, 2.45) is 0 Å². The fraction of sp³-hybridized carbons (Fsp3) is 0.127. The number of rotatable bonds is 10. The van der Waals surface area contributed by atoms with E-state index in [4.69, 9.17) is 0 Å². The lowest BCUT2D eigenvalue weighted by atomic mass is 9.79. The molecule has 3 aliphatic carbocycles. The maximum absolute atomic E-state index is 11.6. The van der Waals surface area contributed by atoms with Crippen molar-refractivity contribution in [1.29, 1.82) is 0 Å². The van der Waals surface area contributed by atoms with Gasteiger partial charge in [-0.2, -0.15) is 0 Å². The highest BCUT2D eigenvalue weighted by atomic mass is 16.1. The maximum atomic E-state index is 11.6. The Labute approximate surface area is 440 Å². The summed E-state index contributed by atoms with van der Waals surface area (Å²) in [6, 6.07) is 78.6. The molecule has 0 atom stereocenters. The van der Waals surface area contributed by atoms with Crippen molar-refractivity contribution in [3.63, 3.8) is 0 Å². The molecular formula is C71H56N2O2. The van der Waals surface area contributed by atoms with Crippen LogP contribution in [0, 0.1) is 0 Å². The molecule has 10 aromatic carbocycles. The number of hydrogen-bond donors (Lipinski definition) is 0. The molecule has 10 aromatic rings. The van der Waals surface area contributed by atoms with Gasteiger partial charge in [0.15, 0.2) is 0 Å². The molecular weight excluding hydrogens is 913 g/mol. The highest BCUT2D eigenvalue weighted by Gasteiger charge is 2.40. The fourth-order valence-corrected chi connectivity index (χ4v) is 12.6. The van der Waals surface area contributed by atoms with Gasteiger partial charge in [0.2, 0.25) is 0 Å². The summed E-state index contributed by atoms with van der Waals surface area (Å²) in [5.41, 5.74) is 27.5. The summed E-state index contributed by atoms with van der Waals surface area (Å²) in [5, 5.41) is 0. The zero-order valence-corrected chi connectivity index (χ0v) is 43.2. The van der Waals surface area contributed by atoms with Crippen molar-refractivity contribution in [3.05, 3.63) is 263 Å². The van der Waals surface area contributed by atoms with Crippen molar-refractivity contribution in [2.75, 3.05) is 9.80 Å². The van der Waals surface area contributed by atoms with E-state index in [0.29, 0.717) is 11.1 Å². The maximum Gasteiger partial charge on any atom is 0.150 e. The van der Waals surface area contributed by atoms with Crippen LogP contribution < -0.4 is 9.80 Å². The van der Waals surface area contributed by atoms with Crippen LogP contribution in [0.25, 0.3) is 55.6 Å². The van der Waals surface area contributed by atoms with E-state index < -0.39 is 0 Å². The highest BCUT2D eigenvalue weighted by molar-refractivity contribution is 5.92. The van der Waals surface area contributed by atoms with Gasteiger partial charge >= 0.3 is 0 Å². The molecule has 0 aliphatic heterocycles. The van der Waals surface area contributed by atoms with Gasteiger partial charge in [0.1, 0.15) is 12.6 Å². The van der Waals surface area contributed by atoms with E-state index in [1.807, 2.05) is 60.7 Å². The highest BCUT2D eigenvalue weighted by Crippen LogP contribution is 2.55. The quantitative estimate of drug-likeness (QED) is 0.128. The molecule has 0 heterocycles. The molecule has 0 fully saturated rings. The molecule has 4 nitrogen and oxygen atoms in total. The van der Waals surface area contributed by atoms with Crippen LogP contribution in [-0.2, 0) is 16.2 Å². The lowest BCUT2D eigenvalue weighted by Crippen LogP contribution is -2.17. The molecule has 0 spiro atoms. The summed E-state index contributed by atoms with van der Waals surface area (Å²) in [6.45, 7) is 14.2. The van der Waals surface area contributed by atoms with Crippen molar-refractivity contribution in [3.8, 4) is 55.6 Å². The van der Waals surface area contributed by atoms with Crippen molar-refractivity contribution >= 4 is 46.7 Å². The lowest BCUT2D eigenvalue weighted by Gasteiger charge is -2.28. The van der Waals surface area contributed by atoms with E-state index >= 15 is 0 Å². The van der Waals surface area contributed by atoms with Crippen molar-refractivity contribution in [2.45, 2.75) is 57.8 Å². The molecule has 3 aliphatic rings. The SMILES string of the molecule is CC1(C)c2cc(-c3ccc4c(c3)C(C)(C)c3cc(N(c5ccccc5)c5ccc(C=O)cc5)ccc3-4)ccc2-c2ccc(-c3ccc4c(c3)C(C)(C)c3cc(N(c5ccccc5)c5ccc(C=O)cc5)ccc3-4)cc21. The van der Waals surface area contributed by atoms with Crippen LogP contribution in [0.5, 0.6) is 0 Å². The Balaban J connectivity index is 0.794. The predicted molar refractivity (Wildman–Crippen MR) is 310 cm³/mol. The van der Waals surface area contributed by atoms with Crippen molar-refractivity contribution < 1.29 is 9.59 Å². The molecule has 75 heavy (non-hydrogen) atoms. The number of fused-ring (bicyclic) bond motifs is 9. The Kier molecular flexibility index (Phi) is 10.5. The molecule has 0 radical (unpaired) electrons. The summed E-state index contributed by atoms with van der Waals surface area (Å²) >= 11 is 0. The third-order valence-corrected chi connectivity index (χ3v) is 16.8. The third kappa shape index (κ3) is 7.26. The molecule has 13 rings (SSSR count). The number of anilines is 6. The van der Waals surface area contributed by atoms with Crippen LogP contribution in [0.1, 0.15) is 95.6 Å². The Hall–Kier alpha value is -8.86. The van der Waals surface area contributed by atoms with Crippen LogP contribution in [0.3, 0.4) is 0 Å². The predicted octanol–water partition coefficient (Wildman–Crippen LogP) is 18.5. The van der Waals surface area contributed by atoms with Crippen LogP contribution in [0.2, 0.25) is 0 Å². The van der Waals surface area contributed by atoms with Gasteiger partial charge in [-0.25, -0.2) is 0 Å². The van der Waals surface area contributed by atoms with E-state index in [1.165, 1.54) is 89.0 Å². The molecule has 0 bridgehead atoms. The zero-order chi connectivity index (χ0) is 51.4. The summed E-state index contributed by atoms with van der Waals surface area (Å²) < 4.78 is 0. The minimum atomic E-state index is -0.239. The van der Waals surface area contributed by atoms with E-state index in [1.54, 1.807) is 0 Å². The second kappa shape index (κ2) is 17.1. The third-order valence-electron chi connectivity index (χ3n) is 16.8. The van der Waals surface area contributed by atoms with E-state index in [-0.39, 0.29) is 16.2 Å². The van der Waals surface area contributed by atoms with Gasteiger partial charge in [0, 0.05) is 61.5 Å². The largest absolute Gasteiger partial charge is 0.310 e. The van der Waals surface area contributed by atoms with E-state index in [9.17, 15) is 9.59 Å². The van der Waals surface area contributed by atoms with Gasteiger partial charge in [-0.3, -0.25) is 9.59 Å². The second-order valence-corrected chi connectivity index (χ2v) is 22.1. The van der Waals surface area contributed by atoms with Crippen LogP contribution >= 0.6 is 0 Å².